The highest BCUT2D eigenvalue weighted by molar-refractivity contribution is 7.47. The van der Waals surface area contributed by atoms with Crippen molar-refractivity contribution in [3.63, 3.8) is 0 Å². The molecule has 0 radical (unpaired) electrons. The number of phosphoric acid groups is 1. The zero-order chi connectivity index (χ0) is 38.2. The van der Waals surface area contributed by atoms with Gasteiger partial charge in [0.05, 0.1) is 6.61 Å². The number of ether oxygens (including phenoxy) is 2. The summed E-state index contributed by atoms with van der Waals surface area (Å²) < 4.78 is 31.9. The number of phosphoric ester groups is 1. The van der Waals surface area contributed by atoms with E-state index in [-0.39, 0.29) is 19.0 Å². The van der Waals surface area contributed by atoms with E-state index in [4.69, 9.17) is 14.0 Å². The van der Waals surface area contributed by atoms with Gasteiger partial charge in [-0.2, -0.15) is 0 Å². The van der Waals surface area contributed by atoms with Gasteiger partial charge in [0.1, 0.15) is 6.61 Å². The zero-order valence-corrected chi connectivity index (χ0v) is 34.3. The van der Waals surface area contributed by atoms with Crippen molar-refractivity contribution in [1.29, 1.82) is 0 Å². The van der Waals surface area contributed by atoms with E-state index in [2.05, 4.69) is 67.0 Å². The maximum Gasteiger partial charge on any atom is 0.472 e. The molecule has 2 atom stereocenters. The Hall–Kier alpha value is -1.99. The van der Waals surface area contributed by atoms with E-state index in [1.165, 1.54) is 83.5 Å². The first-order valence-corrected chi connectivity index (χ1v) is 22.3. The summed E-state index contributed by atoms with van der Waals surface area (Å²) >= 11 is 0. The molecule has 0 aromatic heterocycles. The number of allylic oxidation sites excluding steroid dienone is 8. The molecule has 0 aromatic rings. The Bertz CT molecular complexity index is 990. The summed E-state index contributed by atoms with van der Waals surface area (Å²) in [5.41, 5.74) is 0. The number of carbonyl (C=O) groups excluding carboxylic acids is 2. The molecule has 1 N–H and O–H groups in total. The molecule has 0 fully saturated rings. The molecule has 302 valence electrons. The van der Waals surface area contributed by atoms with Crippen LogP contribution in [0.4, 0.5) is 0 Å². The van der Waals surface area contributed by atoms with Gasteiger partial charge in [0.2, 0.25) is 0 Å². The van der Waals surface area contributed by atoms with Crippen molar-refractivity contribution >= 4 is 19.8 Å². The van der Waals surface area contributed by atoms with Crippen LogP contribution in [0.1, 0.15) is 187 Å². The van der Waals surface area contributed by atoms with E-state index in [0.29, 0.717) is 12.8 Å². The Kier molecular flexibility index (Phi) is 37.2. The quantitative estimate of drug-likeness (QED) is 0.0287. The minimum absolute atomic E-state index is 0.226. The molecule has 0 bridgehead atoms. The zero-order valence-electron chi connectivity index (χ0n) is 33.5. The van der Waals surface area contributed by atoms with Crippen LogP contribution >= 0.6 is 7.82 Å². The first-order chi connectivity index (χ1) is 25.3. The first kappa shape index (κ1) is 50.0. The summed E-state index contributed by atoms with van der Waals surface area (Å²) in [4.78, 5) is 34.4. The minimum Gasteiger partial charge on any atom is -0.462 e. The maximum absolute atomic E-state index is 12.5. The Labute approximate surface area is 318 Å². The van der Waals surface area contributed by atoms with E-state index in [1.807, 2.05) is 0 Å². The van der Waals surface area contributed by atoms with Gasteiger partial charge in [-0.25, -0.2) is 4.57 Å². The van der Waals surface area contributed by atoms with Crippen molar-refractivity contribution in [2.24, 2.45) is 0 Å². The molecule has 2 unspecified atom stereocenters. The first-order valence-electron chi connectivity index (χ1n) is 20.8. The van der Waals surface area contributed by atoms with Crippen molar-refractivity contribution in [3.05, 3.63) is 48.6 Å². The number of hydrogen-bond donors (Lipinski definition) is 1. The Balaban J connectivity index is 3.95. The predicted octanol–water partition coefficient (Wildman–Crippen LogP) is 13.0. The van der Waals surface area contributed by atoms with Crippen LogP contribution in [-0.2, 0) is 32.7 Å². The van der Waals surface area contributed by atoms with Gasteiger partial charge in [-0.1, -0.05) is 172 Å². The third-order valence-corrected chi connectivity index (χ3v) is 9.77. The molecule has 0 saturated heterocycles. The van der Waals surface area contributed by atoms with Gasteiger partial charge in [-0.15, -0.1) is 0 Å². The van der Waals surface area contributed by atoms with Crippen molar-refractivity contribution in [2.45, 2.75) is 193 Å². The third-order valence-electron chi connectivity index (χ3n) is 8.84. The molecule has 0 amide bonds. The second kappa shape index (κ2) is 38.7. The van der Waals surface area contributed by atoms with E-state index in [1.54, 1.807) is 0 Å². The van der Waals surface area contributed by atoms with E-state index < -0.39 is 26.5 Å². The van der Waals surface area contributed by atoms with Crippen molar-refractivity contribution in [2.75, 3.05) is 20.3 Å². The molecule has 9 heteroatoms. The highest BCUT2D eigenvalue weighted by atomic mass is 31.2. The van der Waals surface area contributed by atoms with Crippen LogP contribution < -0.4 is 0 Å². The fourth-order valence-electron chi connectivity index (χ4n) is 5.65. The molecule has 0 aromatic carbocycles. The van der Waals surface area contributed by atoms with Gasteiger partial charge >= 0.3 is 19.8 Å². The van der Waals surface area contributed by atoms with E-state index >= 15 is 0 Å². The van der Waals surface area contributed by atoms with Gasteiger partial charge in [0.25, 0.3) is 0 Å². The lowest BCUT2D eigenvalue weighted by molar-refractivity contribution is -0.161. The fraction of sp³-hybridized carbons (Fsp3) is 0.767. The SMILES string of the molecule is CC/C=C\C/C=C\C/C=C\C/C=C\CCCCCCCCCCCCC(=O)OC(COC(=O)CCCCCCCCCCCC)COP(=O)(O)OC. The molecule has 0 aliphatic rings. The largest absolute Gasteiger partial charge is 0.472 e. The molecule has 0 aliphatic carbocycles. The van der Waals surface area contributed by atoms with Gasteiger partial charge in [-0.05, 0) is 51.4 Å². The van der Waals surface area contributed by atoms with Crippen molar-refractivity contribution in [3.8, 4) is 0 Å². The number of rotatable bonds is 38. The Morgan fingerprint density at radius 3 is 1.46 bits per heavy atom. The van der Waals surface area contributed by atoms with Gasteiger partial charge in [-0.3, -0.25) is 18.6 Å². The summed E-state index contributed by atoms with van der Waals surface area (Å²) in [6, 6.07) is 0. The second-order valence-corrected chi connectivity index (χ2v) is 15.3. The lowest BCUT2D eigenvalue weighted by atomic mass is 10.0. The summed E-state index contributed by atoms with van der Waals surface area (Å²) in [7, 11) is -3.20. The molecular formula is C43H77O8P. The number of esters is 2. The summed E-state index contributed by atoms with van der Waals surface area (Å²) in [6.07, 6.45) is 46.0. The Morgan fingerprint density at radius 1 is 0.558 bits per heavy atom. The summed E-state index contributed by atoms with van der Waals surface area (Å²) in [5.74, 6) is -0.809. The molecule has 0 heterocycles. The normalized spacial score (nSPS) is 13.8. The number of hydrogen-bond acceptors (Lipinski definition) is 7. The van der Waals surface area contributed by atoms with Crippen molar-refractivity contribution in [1.82, 2.24) is 0 Å². The van der Waals surface area contributed by atoms with Crippen LogP contribution in [0, 0.1) is 0 Å². The molecule has 0 spiro atoms. The van der Waals surface area contributed by atoms with Crippen LogP contribution in [0.2, 0.25) is 0 Å². The van der Waals surface area contributed by atoms with Gasteiger partial charge in [0, 0.05) is 20.0 Å². The lowest BCUT2D eigenvalue weighted by Crippen LogP contribution is -2.29. The molecule has 8 nitrogen and oxygen atoms in total. The smallest absolute Gasteiger partial charge is 0.462 e. The fourth-order valence-corrected chi connectivity index (χ4v) is 6.11. The van der Waals surface area contributed by atoms with Gasteiger partial charge < -0.3 is 14.4 Å². The second-order valence-electron chi connectivity index (χ2n) is 13.7. The van der Waals surface area contributed by atoms with Crippen LogP contribution in [0.15, 0.2) is 48.6 Å². The van der Waals surface area contributed by atoms with Gasteiger partial charge in [0.15, 0.2) is 6.10 Å². The molecular weight excluding hydrogens is 675 g/mol. The molecule has 52 heavy (non-hydrogen) atoms. The lowest BCUT2D eigenvalue weighted by Gasteiger charge is -2.19. The minimum atomic E-state index is -4.26. The molecule has 0 rings (SSSR count). The van der Waals surface area contributed by atoms with Crippen LogP contribution in [-0.4, -0.2) is 43.3 Å². The van der Waals surface area contributed by atoms with Crippen LogP contribution in [0.5, 0.6) is 0 Å². The summed E-state index contributed by atoms with van der Waals surface area (Å²) in [5, 5.41) is 0. The molecule has 0 saturated carbocycles. The molecule has 0 aliphatic heterocycles. The standard InChI is InChI=1S/C43H77O8P/c1-4-6-8-10-12-14-16-17-18-19-20-21-22-23-24-25-26-27-28-30-32-34-36-38-43(45)51-41(40-50-52(46,47)48-3)39-49-42(44)37-35-33-31-29-15-13-11-9-7-5-2/h6,8,12,14,17-18,20-21,41H,4-5,7,9-11,13,15-16,19,22-40H2,1-3H3,(H,46,47)/b8-6-,14-12-,18-17-,21-20-. The average molecular weight is 753 g/mol. The number of carbonyl (C=O) groups is 2. The van der Waals surface area contributed by atoms with E-state index in [9.17, 15) is 19.0 Å². The predicted molar refractivity (Wildman–Crippen MR) is 216 cm³/mol. The van der Waals surface area contributed by atoms with Crippen molar-refractivity contribution < 1.29 is 37.6 Å². The average Bonchev–Trinajstić information content (AvgIpc) is 3.13. The highest BCUT2D eigenvalue weighted by Crippen LogP contribution is 2.42. The van der Waals surface area contributed by atoms with E-state index in [0.717, 1.165) is 77.7 Å². The Morgan fingerprint density at radius 2 is 0.981 bits per heavy atom. The third kappa shape index (κ3) is 37.8. The highest BCUT2D eigenvalue weighted by Gasteiger charge is 2.24. The number of unbranched alkanes of at least 4 members (excludes halogenated alkanes) is 19. The summed E-state index contributed by atoms with van der Waals surface area (Å²) in [6.45, 7) is 3.75. The maximum atomic E-state index is 12.5. The van der Waals surface area contributed by atoms with Crippen LogP contribution in [0.3, 0.4) is 0 Å². The van der Waals surface area contributed by atoms with Crippen LogP contribution in [0.25, 0.3) is 0 Å². The monoisotopic (exact) mass is 753 g/mol. The topological polar surface area (TPSA) is 108 Å².